The summed E-state index contributed by atoms with van der Waals surface area (Å²) in [4.78, 5) is 18.8. The number of aryl methyl sites for hydroxylation is 1. The lowest BCUT2D eigenvalue weighted by molar-refractivity contribution is -0.139. The van der Waals surface area contributed by atoms with Crippen LogP contribution in [0.2, 0.25) is 0 Å². The molecule has 0 fully saturated rings. The van der Waals surface area contributed by atoms with Gasteiger partial charge in [0, 0.05) is 44.8 Å². The Kier molecular flexibility index (Phi) is 5.09. The third-order valence-electron chi connectivity index (χ3n) is 6.82. The number of sulfonamides is 1. The number of carbonyl (C=O) groups is 1. The van der Waals surface area contributed by atoms with E-state index in [2.05, 4.69) is 4.98 Å². The fraction of sp³-hybridized carbons (Fsp3) is 0.333. The highest BCUT2D eigenvalue weighted by Gasteiger charge is 2.39. The van der Waals surface area contributed by atoms with Gasteiger partial charge in [0.2, 0.25) is 10.0 Å². The highest BCUT2D eigenvalue weighted by atomic mass is 32.2. The molecule has 10 nitrogen and oxygen atoms in total. The number of rotatable bonds is 4. The fourth-order valence-corrected chi connectivity index (χ4v) is 6.34. The molecule has 1 atom stereocenters. The van der Waals surface area contributed by atoms with E-state index in [1.165, 1.54) is 16.6 Å². The average molecular weight is 497 g/mol. The van der Waals surface area contributed by atoms with Crippen LogP contribution in [0.5, 0.6) is 11.6 Å². The molecule has 1 aromatic carbocycles. The second-order valence-corrected chi connectivity index (χ2v) is 10.9. The number of fused-ring (bicyclic) bond motifs is 2. The normalized spacial score (nSPS) is 18.9. The van der Waals surface area contributed by atoms with E-state index in [9.17, 15) is 18.3 Å². The zero-order valence-electron chi connectivity index (χ0n) is 19.0. The minimum absolute atomic E-state index is 0.0436. The van der Waals surface area contributed by atoms with Gasteiger partial charge < -0.3 is 24.0 Å². The van der Waals surface area contributed by atoms with Crippen molar-refractivity contribution in [3.63, 3.8) is 0 Å². The Labute approximate surface area is 202 Å². The van der Waals surface area contributed by atoms with Gasteiger partial charge in [-0.15, -0.1) is 0 Å². The third-order valence-corrected chi connectivity index (χ3v) is 8.58. The standard InChI is InChI=1S/C24H24N4O6S/c1-26-19-5-3-2-4-15(19)8-20(26)22(29)24(30)27-11-16-13-28(14-17(16)12-27)35(31,32)18-9-21-23(25-10-18)34-7-6-33-21/h2-5,8-10,22,29H,6-7,11-14H2,1H3. The van der Waals surface area contributed by atoms with Crippen LogP contribution >= 0.6 is 0 Å². The van der Waals surface area contributed by atoms with Crippen molar-refractivity contribution in [1.29, 1.82) is 0 Å². The minimum Gasteiger partial charge on any atom is -0.484 e. The molecule has 3 aliphatic heterocycles. The largest absolute Gasteiger partial charge is 0.484 e. The molecular formula is C24H24N4O6S. The van der Waals surface area contributed by atoms with Gasteiger partial charge >= 0.3 is 0 Å². The highest BCUT2D eigenvalue weighted by molar-refractivity contribution is 7.89. The van der Waals surface area contributed by atoms with Crippen LogP contribution in [-0.4, -0.2) is 77.6 Å². The molecule has 5 heterocycles. The predicted molar refractivity (Wildman–Crippen MR) is 125 cm³/mol. The Balaban J connectivity index is 1.15. The van der Waals surface area contributed by atoms with Gasteiger partial charge in [0.25, 0.3) is 11.8 Å². The number of aromatic nitrogens is 2. The first kappa shape index (κ1) is 22.1. The summed E-state index contributed by atoms with van der Waals surface area (Å²) in [6.07, 6.45) is -0.0153. The zero-order valence-corrected chi connectivity index (χ0v) is 19.9. The number of para-hydroxylation sites is 1. The van der Waals surface area contributed by atoms with Crippen molar-refractivity contribution in [2.75, 3.05) is 39.4 Å². The fourth-order valence-electron chi connectivity index (χ4n) is 4.95. The van der Waals surface area contributed by atoms with Crippen LogP contribution in [-0.2, 0) is 21.9 Å². The summed E-state index contributed by atoms with van der Waals surface area (Å²) < 4.78 is 40.5. The van der Waals surface area contributed by atoms with E-state index < -0.39 is 22.0 Å². The van der Waals surface area contributed by atoms with Crippen molar-refractivity contribution >= 4 is 26.8 Å². The van der Waals surface area contributed by atoms with Crippen molar-refractivity contribution in [2.24, 2.45) is 7.05 Å². The molecule has 2 aromatic heterocycles. The number of aliphatic hydroxyl groups is 1. The Morgan fingerprint density at radius 1 is 1.06 bits per heavy atom. The van der Waals surface area contributed by atoms with E-state index in [1.54, 1.807) is 4.90 Å². The van der Waals surface area contributed by atoms with Crippen LogP contribution in [0.1, 0.15) is 11.8 Å². The van der Waals surface area contributed by atoms with Gasteiger partial charge in [0.1, 0.15) is 18.1 Å². The molecule has 0 bridgehead atoms. The lowest BCUT2D eigenvalue weighted by atomic mass is 10.2. The van der Waals surface area contributed by atoms with Crippen molar-refractivity contribution in [1.82, 2.24) is 18.8 Å². The molecule has 11 heteroatoms. The van der Waals surface area contributed by atoms with E-state index in [4.69, 9.17) is 9.47 Å². The van der Waals surface area contributed by atoms with Crippen molar-refractivity contribution in [3.8, 4) is 11.6 Å². The van der Waals surface area contributed by atoms with E-state index in [-0.39, 0.29) is 23.9 Å². The summed E-state index contributed by atoms with van der Waals surface area (Å²) in [5, 5.41) is 11.8. The van der Waals surface area contributed by atoms with E-state index in [1.807, 2.05) is 41.9 Å². The summed E-state index contributed by atoms with van der Waals surface area (Å²) in [6, 6.07) is 11.0. The molecule has 0 aliphatic carbocycles. The van der Waals surface area contributed by atoms with Crippen LogP contribution in [0.3, 0.4) is 0 Å². The van der Waals surface area contributed by atoms with Crippen LogP contribution < -0.4 is 9.47 Å². The highest BCUT2D eigenvalue weighted by Crippen LogP contribution is 2.35. The summed E-state index contributed by atoms with van der Waals surface area (Å²) in [7, 11) is -1.97. The molecule has 0 radical (unpaired) electrons. The lowest BCUT2D eigenvalue weighted by Crippen LogP contribution is -2.38. The molecule has 0 spiro atoms. The van der Waals surface area contributed by atoms with Crippen LogP contribution in [0, 0.1) is 0 Å². The van der Waals surface area contributed by atoms with Gasteiger partial charge in [0.05, 0.1) is 11.9 Å². The molecule has 35 heavy (non-hydrogen) atoms. The topological polar surface area (TPSA) is 114 Å². The van der Waals surface area contributed by atoms with E-state index in [0.29, 0.717) is 37.7 Å². The number of aliphatic hydroxyl groups excluding tert-OH is 1. The molecule has 3 aliphatic rings. The van der Waals surface area contributed by atoms with Gasteiger partial charge in [-0.3, -0.25) is 4.79 Å². The van der Waals surface area contributed by atoms with Gasteiger partial charge in [-0.2, -0.15) is 4.31 Å². The maximum absolute atomic E-state index is 13.2. The zero-order chi connectivity index (χ0) is 24.3. The summed E-state index contributed by atoms with van der Waals surface area (Å²) in [6.45, 7) is 1.69. The molecule has 0 saturated heterocycles. The average Bonchev–Trinajstić information content (AvgIpc) is 3.55. The van der Waals surface area contributed by atoms with Crippen LogP contribution in [0.4, 0.5) is 0 Å². The number of hydrogen-bond acceptors (Lipinski definition) is 7. The SMILES string of the molecule is Cn1c(C(O)C(=O)N2CC3=C(C2)CN(S(=O)(=O)c2cnc4c(c2)OCCO4)C3)cc2ccccc21. The molecule has 1 N–H and O–H groups in total. The number of ether oxygens (including phenoxy) is 2. The summed E-state index contributed by atoms with van der Waals surface area (Å²) >= 11 is 0. The Morgan fingerprint density at radius 3 is 2.51 bits per heavy atom. The van der Waals surface area contributed by atoms with Crippen LogP contribution in [0.15, 0.2) is 58.6 Å². The molecule has 182 valence electrons. The predicted octanol–water partition coefficient (Wildman–Crippen LogP) is 1.22. The maximum Gasteiger partial charge on any atom is 0.258 e. The number of amides is 1. The van der Waals surface area contributed by atoms with E-state index >= 15 is 0 Å². The molecule has 0 saturated carbocycles. The first-order chi connectivity index (χ1) is 16.8. The minimum atomic E-state index is -3.79. The second kappa shape index (κ2) is 8.08. The van der Waals surface area contributed by atoms with Crippen LogP contribution in [0.25, 0.3) is 10.9 Å². The number of hydrogen-bond donors (Lipinski definition) is 1. The molecule has 1 unspecified atom stereocenters. The third kappa shape index (κ3) is 3.58. The number of pyridine rings is 1. The summed E-state index contributed by atoms with van der Waals surface area (Å²) in [5.41, 5.74) is 3.23. The number of nitrogens with zero attached hydrogens (tertiary/aromatic N) is 4. The Bertz CT molecular complexity index is 1480. The van der Waals surface area contributed by atoms with Gasteiger partial charge in [-0.05, 0) is 28.7 Å². The van der Waals surface area contributed by atoms with Crippen molar-refractivity contribution in [2.45, 2.75) is 11.0 Å². The quantitative estimate of drug-likeness (QED) is 0.540. The molecular weight excluding hydrogens is 472 g/mol. The first-order valence-corrected chi connectivity index (χ1v) is 12.7. The van der Waals surface area contributed by atoms with E-state index in [0.717, 1.165) is 22.0 Å². The number of carbonyl (C=O) groups excluding carboxylic acids is 1. The van der Waals surface area contributed by atoms with Gasteiger partial charge in [-0.25, -0.2) is 13.4 Å². The number of benzene rings is 1. The molecule has 1 amide bonds. The Hall–Kier alpha value is -3.41. The summed E-state index contributed by atoms with van der Waals surface area (Å²) in [5.74, 6) is 0.211. The molecule has 6 rings (SSSR count). The smallest absolute Gasteiger partial charge is 0.258 e. The van der Waals surface area contributed by atoms with Crippen molar-refractivity contribution in [3.05, 3.63) is 59.4 Å². The maximum atomic E-state index is 13.2. The Morgan fingerprint density at radius 2 is 1.77 bits per heavy atom. The van der Waals surface area contributed by atoms with Gasteiger partial charge in [0.15, 0.2) is 11.9 Å². The molecule has 3 aromatic rings. The monoisotopic (exact) mass is 496 g/mol. The lowest BCUT2D eigenvalue weighted by Gasteiger charge is -2.25. The van der Waals surface area contributed by atoms with Gasteiger partial charge in [-0.1, -0.05) is 18.2 Å². The van der Waals surface area contributed by atoms with Crippen molar-refractivity contribution < 1.29 is 27.8 Å². The second-order valence-electron chi connectivity index (χ2n) is 8.94. The first-order valence-electron chi connectivity index (χ1n) is 11.3.